The molecule has 6 heteroatoms. The Bertz CT molecular complexity index is 760. The molecule has 0 spiro atoms. The quantitative estimate of drug-likeness (QED) is 0.582. The number of ether oxygens (including phenoxy) is 3. The van der Waals surface area contributed by atoms with Crippen molar-refractivity contribution in [1.29, 1.82) is 0 Å². The number of methoxy groups -OCH3 is 1. The van der Waals surface area contributed by atoms with Crippen LogP contribution in [0.1, 0.15) is 30.5 Å². The van der Waals surface area contributed by atoms with Gasteiger partial charge in [0.05, 0.1) is 25.0 Å². The van der Waals surface area contributed by atoms with Crippen LogP contribution in [-0.2, 0) is 17.8 Å². The first-order valence-electron chi connectivity index (χ1n) is 8.55. The molecule has 0 aliphatic heterocycles. The van der Waals surface area contributed by atoms with E-state index in [4.69, 9.17) is 9.47 Å². The van der Waals surface area contributed by atoms with Crippen molar-refractivity contribution in [2.75, 3.05) is 18.8 Å². The van der Waals surface area contributed by atoms with Crippen LogP contribution in [-0.4, -0.2) is 25.0 Å². The zero-order chi connectivity index (χ0) is 19.1. The Kier molecular flexibility index (Phi) is 6.86. The summed E-state index contributed by atoms with van der Waals surface area (Å²) in [6.07, 6.45) is -0.0462. The lowest BCUT2D eigenvalue weighted by Crippen LogP contribution is -2.28. The summed E-state index contributed by atoms with van der Waals surface area (Å²) in [4.78, 5) is 11.7. The lowest BCUT2D eigenvalue weighted by molar-refractivity contribution is 0.140. The number of hydrogen-bond acceptors (Lipinski definition) is 5. The Hall–Kier alpha value is -2.73. The van der Waals surface area contributed by atoms with Crippen molar-refractivity contribution in [2.45, 2.75) is 33.8 Å². The third-order valence-corrected chi connectivity index (χ3v) is 3.95. The van der Waals surface area contributed by atoms with Gasteiger partial charge in [-0.25, -0.2) is 4.79 Å². The highest BCUT2D eigenvalue weighted by Gasteiger charge is 2.21. The average molecular weight is 359 g/mol. The highest BCUT2D eigenvalue weighted by atomic mass is 16.6. The van der Waals surface area contributed by atoms with E-state index in [9.17, 15) is 10.0 Å². The van der Waals surface area contributed by atoms with Crippen LogP contribution in [0.2, 0.25) is 0 Å². The van der Waals surface area contributed by atoms with E-state index < -0.39 is 6.09 Å². The lowest BCUT2D eigenvalue weighted by Gasteiger charge is -2.20. The molecular formula is C20H25NO5. The number of nitrogens with zero attached hydrogens (tertiary/aromatic N) is 1. The molecule has 0 fully saturated rings. The minimum atomic E-state index is -0.885. The summed E-state index contributed by atoms with van der Waals surface area (Å²) >= 11 is 0. The predicted molar refractivity (Wildman–Crippen MR) is 99.2 cm³/mol. The molecule has 2 rings (SSSR count). The number of aryl methyl sites for hydroxylation is 2. The minimum absolute atomic E-state index is 0.135. The van der Waals surface area contributed by atoms with E-state index in [-0.39, 0.29) is 12.3 Å². The number of anilines is 1. The van der Waals surface area contributed by atoms with Crippen molar-refractivity contribution in [3.05, 3.63) is 53.1 Å². The molecule has 140 valence electrons. The van der Waals surface area contributed by atoms with Gasteiger partial charge in [0.2, 0.25) is 0 Å². The smallest absolute Gasteiger partial charge is 0.438 e. The van der Waals surface area contributed by atoms with Crippen LogP contribution in [0.5, 0.6) is 11.5 Å². The zero-order valence-corrected chi connectivity index (χ0v) is 15.6. The van der Waals surface area contributed by atoms with Crippen LogP contribution in [0, 0.1) is 6.92 Å². The van der Waals surface area contributed by atoms with E-state index >= 15 is 0 Å². The van der Waals surface area contributed by atoms with Gasteiger partial charge < -0.3 is 14.2 Å². The Morgan fingerprint density at radius 2 is 1.88 bits per heavy atom. The maximum absolute atomic E-state index is 11.7. The molecular weight excluding hydrogens is 334 g/mol. The molecule has 0 heterocycles. The third-order valence-electron chi connectivity index (χ3n) is 3.95. The molecule has 0 atom stereocenters. The summed E-state index contributed by atoms with van der Waals surface area (Å²) < 4.78 is 16.2. The number of rotatable bonds is 7. The van der Waals surface area contributed by atoms with Gasteiger partial charge in [0.15, 0.2) is 0 Å². The summed E-state index contributed by atoms with van der Waals surface area (Å²) in [6, 6.07) is 11.1. The standard InChI is InChI=1S/C20H25NO5/c1-5-15-12-14(3)10-11-18(15)26-13-16-17(21(23)20(22)24-4)8-7-9-19(16)25-6-2/h7-12,23H,5-6,13H2,1-4H3. The lowest BCUT2D eigenvalue weighted by atomic mass is 10.1. The second-order valence-electron chi connectivity index (χ2n) is 5.72. The molecule has 26 heavy (non-hydrogen) atoms. The van der Waals surface area contributed by atoms with Gasteiger partial charge in [-0.1, -0.05) is 30.7 Å². The van der Waals surface area contributed by atoms with Gasteiger partial charge in [-0.05, 0) is 44.0 Å². The predicted octanol–water partition coefficient (Wildman–Crippen LogP) is 4.50. The molecule has 0 bridgehead atoms. The van der Waals surface area contributed by atoms with Gasteiger partial charge in [0.25, 0.3) is 0 Å². The molecule has 0 aromatic heterocycles. The fourth-order valence-electron chi connectivity index (χ4n) is 2.65. The van der Waals surface area contributed by atoms with Crippen LogP contribution in [0.15, 0.2) is 36.4 Å². The van der Waals surface area contributed by atoms with Crippen molar-refractivity contribution in [3.63, 3.8) is 0 Å². The van der Waals surface area contributed by atoms with Gasteiger partial charge in [-0.3, -0.25) is 5.21 Å². The number of benzene rings is 2. The van der Waals surface area contributed by atoms with Crippen molar-refractivity contribution >= 4 is 11.8 Å². The average Bonchev–Trinajstić information content (AvgIpc) is 2.66. The first-order chi connectivity index (χ1) is 12.5. The van der Waals surface area contributed by atoms with Crippen LogP contribution in [0.3, 0.4) is 0 Å². The fraction of sp³-hybridized carbons (Fsp3) is 0.350. The van der Waals surface area contributed by atoms with Crippen molar-refractivity contribution in [2.24, 2.45) is 0 Å². The molecule has 0 aliphatic rings. The summed E-state index contributed by atoms with van der Waals surface area (Å²) in [5.41, 5.74) is 3.07. The van der Waals surface area contributed by atoms with Crippen molar-refractivity contribution in [1.82, 2.24) is 0 Å². The van der Waals surface area contributed by atoms with Crippen molar-refractivity contribution in [3.8, 4) is 11.5 Å². The van der Waals surface area contributed by atoms with Crippen molar-refractivity contribution < 1.29 is 24.2 Å². The summed E-state index contributed by atoms with van der Waals surface area (Å²) in [6.45, 7) is 6.54. The van der Waals surface area contributed by atoms with E-state index in [1.807, 2.05) is 26.0 Å². The van der Waals surface area contributed by atoms with Gasteiger partial charge in [-0.15, -0.1) is 0 Å². The Morgan fingerprint density at radius 3 is 2.54 bits per heavy atom. The molecule has 0 radical (unpaired) electrons. The number of carbonyl (C=O) groups is 1. The monoisotopic (exact) mass is 359 g/mol. The van der Waals surface area contributed by atoms with Gasteiger partial charge in [0, 0.05) is 0 Å². The molecule has 0 saturated carbocycles. The largest absolute Gasteiger partial charge is 0.493 e. The second kappa shape index (κ2) is 9.10. The molecule has 0 unspecified atom stereocenters. The number of amides is 1. The first-order valence-corrected chi connectivity index (χ1v) is 8.55. The Morgan fingerprint density at radius 1 is 1.12 bits per heavy atom. The van der Waals surface area contributed by atoms with E-state index in [0.717, 1.165) is 23.3 Å². The first kappa shape index (κ1) is 19.6. The zero-order valence-electron chi connectivity index (χ0n) is 15.6. The Labute approximate surface area is 153 Å². The normalized spacial score (nSPS) is 10.3. The van der Waals surface area contributed by atoms with Crippen LogP contribution >= 0.6 is 0 Å². The maximum atomic E-state index is 11.7. The summed E-state index contributed by atoms with van der Waals surface area (Å²) in [5.74, 6) is 1.30. The number of hydroxylamine groups is 1. The minimum Gasteiger partial charge on any atom is -0.493 e. The van der Waals surface area contributed by atoms with Crippen LogP contribution in [0.25, 0.3) is 0 Å². The van der Waals surface area contributed by atoms with Gasteiger partial charge in [-0.2, -0.15) is 5.06 Å². The molecule has 6 nitrogen and oxygen atoms in total. The van der Waals surface area contributed by atoms with Crippen LogP contribution < -0.4 is 14.5 Å². The Balaban J connectivity index is 2.36. The number of carbonyl (C=O) groups excluding carboxylic acids is 1. The molecule has 1 amide bonds. The SMILES string of the molecule is CCOc1cccc(N(O)C(=O)OC)c1COc1ccc(C)cc1CC. The topological polar surface area (TPSA) is 68.2 Å². The highest BCUT2D eigenvalue weighted by molar-refractivity contribution is 5.86. The summed E-state index contributed by atoms with van der Waals surface area (Å²) in [7, 11) is 1.20. The van der Waals surface area contributed by atoms with Gasteiger partial charge >= 0.3 is 6.09 Å². The third kappa shape index (κ3) is 4.46. The summed E-state index contributed by atoms with van der Waals surface area (Å²) in [5, 5.41) is 10.6. The molecule has 2 aromatic rings. The van der Waals surface area contributed by atoms with E-state index in [1.54, 1.807) is 18.2 Å². The van der Waals surface area contributed by atoms with Crippen LogP contribution in [0.4, 0.5) is 10.5 Å². The van der Waals surface area contributed by atoms with E-state index in [2.05, 4.69) is 17.7 Å². The molecule has 1 N–H and O–H groups in total. The second-order valence-corrected chi connectivity index (χ2v) is 5.72. The molecule has 0 aliphatic carbocycles. The highest BCUT2D eigenvalue weighted by Crippen LogP contribution is 2.31. The van der Waals surface area contributed by atoms with Gasteiger partial charge in [0.1, 0.15) is 18.1 Å². The van der Waals surface area contributed by atoms with E-state index in [0.29, 0.717) is 23.0 Å². The maximum Gasteiger partial charge on any atom is 0.438 e. The number of hydrogen-bond donors (Lipinski definition) is 1. The van der Waals surface area contributed by atoms with E-state index in [1.165, 1.54) is 7.11 Å². The fourth-order valence-corrected chi connectivity index (χ4v) is 2.65. The molecule has 0 saturated heterocycles. The molecule has 2 aromatic carbocycles.